The van der Waals surface area contributed by atoms with Crippen molar-refractivity contribution in [1.29, 1.82) is 0 Å². The zero-order valence-electron chi connectivity index (χ0n) is 14.1. The van der Waals surface area contributed by atoms with E-state index in [0.717, 1.165) is 32.5 Å². The first-order valence-corrected chi connectivity index (χ1v) is 8.34. The summed E-state index contributed by atoms with van der Waals surface area (Å²) >= 11 is 0. The number of nitrogens with zero attached hydrogens (tertiary/aromatic N) is 1. The fourth-order valence-electron chi connectivity index (χ4n) is 2.32. The number of nitrogens with one attached hydrogen (secondary N) is 1. The molecule has 1 N–H and O–H groups in total. The molecule has 23 heavy (non-hydrogen) atoms. The van der Waals surface area contributed by atoms with E-state index < -0.39 is 0 Å². The third-order valence-electron chi connectivity index (χ3n) is 3.86. The molecule has 4 nitrogen and oxygen atoms in total. The predicted octanol–water partition coefficient (Wildman–Crippen LogP) is 3.03. The summed E-state index contributed by atoms with van der Waals surface area (Å²) in [5.74, 6) is -0.617. The Bertz CT molecular complexity index is 484. The molecule has 0 aliphatic rings. The lowest BCUT2D eigenvalue weighted by atomic mass is 10.1. The van der Waals surface area contributed by atoms with Crippen molar-refractivity contribution in [3.8, 4) is 0 Å². The molecule has 0 bridgehead atoms. The molecule has 0 saturated carbocycles. The normalized spacial score (nSPS) is 10.8. The number of carbonyl (C=O) groups is 2. The summed E-state index contributed by atoms with van der Waals surface area (Å²) in [5.41, 5.74) is 0.443. The number of ketones is 1. The maximum Gasteiger partial charge on any atom is 0.220 e. The summed E-state index contributed by atoms with van der Waals surface area (Å²) in [6.07, 6.45) is 2.31. The second-order valence-electron chi connectivity index (χ2n) is 5.51. The minimum Gasteiger partial charge on any atom is -0.356 e. The van der Waals surface area contributed by atoms with Gasteiger partial charge in [-0.05, 0) is 56.7 Å². The summed E-state index contributed by atoms with van der Waals surface area (Å²) in [7, 11) is 0. The lowest BCUT2D eigenvalue weighted by Gasteiger charge is -2.17. The van der Waals surface area contributed by atoms with Crippen LogP contribution in [0.5, 0.6) is 0 Å². The fourth-order valence-corrected chi connectivity index (χ4v) is 2.32. The van der Waals surface area contributed by atoms with Crippen LogP contribution in [-0.4, -0.2) is 42.8 Å². The average molecular weight is 322 g/mol. The molecular weight excluding hydrogens is 295 g/mol. The highest BCUT2D eigenvalue weighted by molar-refractivity contribution is 5.97. The molecule has 0 spiro atoms. The third kappa shape index (κ3) is 7.88. The Hall–Kier alpha value is -1.75. The zero-order valence-corrected chi connectivity index (χ0v) is 14.1. The van der Waals surface area contributed by atoms with E-state index in [-0.39, 0.29) is 30.3 Å². The number of rotatable bonds is 11. The standard InChI is InChI=1S/C18H27FN2O2/c1-3-21(4-2)14-6-5-13-20-18(23)12-11-17(22)15-7-9-16(19)10-8-15/h7-10H,3-6,11-14H2,1-2H3,(H,20,23). The molecule has 5 heteroatoms. The van der Waals surface area contributed by atoms with E-state index in [4.69, 9.17) is 0 Å². The molecule has 0 atom stereocenters. The van der Waals surface area contributed by atoms with E-state index in [1.165, 1.54) is 24.3 Å². The van der Waals surface area contributed by atoms with Crippen LogP contribution in [0, 0.1) is 5.82 Å². The topological polar surface area (TPSA) is 49.4 Å². The first-order chi connectivity index (χ1) is 11.1. The lowest BCUT2D eigenvalue weighted by Crippen LogP contribution is -2.27. The van der Waals surface area contributed by atoms with Gasteiger partial charge in [0.05, 0.1) is 0 Å². The van der Waals surface area contributed by atoms with E-state index in [2.05, 4.69) is 24.1 Å². The van der Waals surface area contributed by atoms with Crippen molar-refractivity contribution >= 4 is 11.7 Å². The van der Waals surface area contributed by atoms with Crippen molar-refractivity contribution < 1.29 is 14.0 Å². The molecule has 0 aliphatic heterocycles. The summed E-state index contributed by atoms with van der Waals surface area (Å²) in [6.45, 7) is 8.08. The van der Waals surface area contributed by atoms with Crippen molar-refractivity contribution in [1.82, 2.24) is 10.2 Å². The van der Waals surface area contributed by atoms with Crippen LogP contribution in [0.1, 0.15) is 49.9 Å². The highest BCUT2D eigenvalue weighted by Crippen LogP contribution is 2.07. The highest BCUT2D eigenvalue weighted by Gasteiger charge is 2.09. The van der Waals surface area contributed by atoms with Crippen LogP contribution in [0.25, 0.3) is 0 Å². The lowest BCUT2D eigenvalue weighted by molar-refractivity contribution is -0.121. The van der Waals surface area contributed by atoms with E-state index in [9.17, 15) is 14.0 Å². The quantitative estimate of drug-likeness (QED) is 0.503. The molecule has 0 aliphatic carbocycles. The van der Waals surface area contributed by atoms with Crippen LogP contribution >= 0.6 is 0 Å². The second kappa shape index (κ2) is 10.9. The van der Waals surface area contributed by atoms with Crippen molar-refractivity contribution in [2.75, 3.05) is 26.2 Å². The number of Topliss-reactive ketones (excluding diaryl/α,β-unsaturated/α-hetero) is 1. The van der Waals surface area contributed by atoms with Crippen LogP contribution in [0.4, 0.5) is 4.39 Å². The summed E-state index contributed by atoms with van der Waals surface area (Å²) in [4.78, 5) is 25.9. The molecular formula is C18H27FN2O2. The number of hydrogen-bond acceptors (Lipinski definition) is 3. The van der Waals surface area contributed by atoms with E-state index in [1.807, 2.05) is 0 Å². The number of hydrogen-bond donors (Lipinski definition) is 1. The van der Waals surface area contributed by atoms with Gasteiger partial charge in [0.1, 0.15) is 5.82 Å². The zero-order chi connectivity index (χ0) is 17.1. The van der Waals surface area contributed by atoms with Crippen molar-refractivity contribution in [2.24, 2.45) is 0 Å². The van der Waals surface area contributed by atoms with Crippen molar-refractivity contribution in [2.45, 2.75) is 39.5 Å². The van der Waals surface area contributed by atoms with Crippen LogP contribution < -0.4 is 5.32 Å². The Kier molecular flexibility index (Phi) is 9.14. The number of benzene rings is 1. The Balaban J connectivity index is 2.14. The largest absolute Gasteiger partial charge is 0.356 e. The predicted molar refractivity (Wildman–Crippen MR) is 90.0 cm³/mol. The Labute approximate surface area is 138 Å². The van der Waals surface area contributed by atoms with Crippen molar-refractivity contribution in [3.63, 3.8) is 0 Å². The maximum absolute atomic E-state index is 12.8. The second-order valence-corrected chi connectivity index (χ2v) is 5.51. The van der Waals surface area contributed by atoms with Gasteiger partial charge in [-0.25, -0.2) is 4.39 Å². The summed E-state index contributed by atoms with van der Waals surface area (Å²) in [5, 5.41) is 2.84. The van der Waals surface area contributed by atoms with Gasteiger partial charge < -0.3 is 10.2 Å². The summed E-state index contributed by atoms with van der Waals surface area (Å²) in [6, 6.07) is 5.40. The number of halogens is 1. The van der Waals surface area contributed by atoms with E-state index in [1.54, 1.807) is 0 Å². The van der Waals surface area contributed by atoms with Gasteiger partial charge >= 0.3 is 0 Å². The average Bonchev–Trinajstić information content (AvgIpc) is 2.56. The molecule has 0 fully saturated rings. The molecule has 0 aromatic heterocycles. The smallest absolute Gasteiger partial charge is 0.220 e. The molecule has 1 amide bonds. The number of amides is 1. The van der Waals surface area contributed by atoms with Gasteiger partial charge in [-0.15, -0.1) is 0 Å². The first-order valence-electron chi connectivity index (χ1n) is 8.34. The molecule has 0 heterocycles. The molecule has 0 saturated heterocycles. The minimum atomic E-state index is -0.371. The van der Waals surface area contributed by atoms with Gasteiger partial charge in [-0.2, -0.15) is 0 Å². The van der Waals surface area contributed by atoms with Crippen LogP contribution in [0.15, 0.2) is 24.3 Å². The fraction of sp³-hybridized carbons (Fsp3) is 0.556. The molecule has 128 valence electrons. The van der Waals surface area contributed by atoms with Crippen molar-refractivity contribution in [3.05, 3.63) is 35.6 Å². The minimum absolute atomic E-state index is 0.108. The van der Waals surface area contributed by atoms with Gasteiger partial charge in [0.15, 0.2) is 5.78 Å². The molecule has 1 aromatic carbocycles. The number of carbonyl (C=O) groups excluding carboxylic acids is 2. The molecule has 0 unspecified atom stereocenters. The highest BCUT2D eigenvalue weighted by atomic mass is 19.1. The van der Waals surface area contributed by atoms with E-state index in [0.29, 0.717) is 12.1 Å². The first kappa shape index (κ1) is 19.3. The maximum atomic E-state index is 12.8. The van der Waals surface area contributed by atoms with Gasteiger partial charge in [-0.3, -0.25) is 9.59 Å². The monoisotopic (exact) mass is 322 g/mol. The SMILES string of the molecule is CCN(CC)CCCCNC(=O)CCC(=O)c1ccc(F)cc1. The Morgan fingerprint density at radius 3 is 2.30 bits per heavy atom. The Morgan fingerprint density at radius 2 is 1.70 bits per heavy atom. The van der Waals surface area contributed by atoms with E-state index >= 15 is 0 Å². The Morgan fingerprint density at radius 1 is 1.04 bits per heavy atom. The molecule has 1 rings (SSSR count). The van der Waals surface area contributed by atoms with Gasteiger partial charge in [0, 0.05) is 24.9 Å². The van der Waals surface area contributed by atoms with Crippen LogP contribution in [0.3, 0.4) is 0 Å². The molecule has 1 aromatic rings. The molecule has 0 radical (unpaired) electrons. The van der Waals surface area contributed by atoms with Gasteiger partial charge in [-0.1, -0.05) is 13.8 Å². The number of unbranched alkanes of at least 4 members (excludes halogenated alkanes) is 1. The van der Waals surface area contributed by atoms with Crippen LogP contribution in [-0.2, 0) is 4.79 Å². The summed E-state index contributed by atoms with van der Waals surface area (Å²) < 4.78 is 12.8. The van der Waals surface area contributed by atoms with Crippen LogP contribution in [0.2, 0.25) is 0 Å². The van der Waals surface area contributed by atoms with Gasteiger partial charge in [0.25, 0.3) is 0 Å². The third-order valence-corrected chi connectivity index (χ3v) is 3.86. The van der Waals surface area contributed by atoms with Gasteiger partial charge in [0.2, 0.25) is 5.91 Å².